The van der Waals surface area contributed by atoms with Crippen LogP contribution in [0.4, 0.5) is 5.82 Å². The van der Waals surface area contributed by atoms with E-state index in [4.69, 9.17) is 0 Å². The largest absolute Gasteiger partial charge is 0.305 e. The summed E-state index contributed by atoms with van der Waals surface area (Å²) in [7, 11) is 1.82. The molecule has 0 saturated heterocycles. The predicted molar refractivity (Wildman–Crippen MR) is 78.6 cm³/mol. The topological polar surface area (TPSA) is 46.9 Å². The second-order valence-electron chi connectivity index (χ2n) is 4.49. The van der Waals surface area contributed by atoms with Crippen LogP contribution in [0.5, 0.6) is 0 Å². The van der Waals surface area contributed by atoms with Crippen molar-refractivity contribution in [2.24, 2.45) is 7.05 Å². The van der Waals surface area contributed by atoms with E-state index in [0.29, 0.717) is 16.6 Å². The van der Waals surface area contributed by atoms with E-state index in [0.717, 1.165) is 4.90 Å². The zero-order chi connectivity index (χ0) is 13.8. The van der Waals surface area contributed by atoms with Crippen LogP contribution in [0.2, 0.25) is 0 Å². The maximum Gasteiger partial charge on any atom is 0.257 e. The fourth-order valence-electron chi connectivity index (χ4n) is 1.68. The molecule has 0 aliphatic carbocycles. The predicted octanol–water partition coefficient (Wildman–Crippen LogP) is 3.17. The van der Waals surface area contributed by atoms with Crippen molar-refractivity contribution in [3.63, 3.8) is 0 Å². The zero-order valence-electron chi connectivity index (χ0n) is 11.3. The van der Waals surface area contributed by atoms with Crippen LogP contribution < -0.4 is 5.32 Å². The number of rotatable bonds is 4. The van der Waals surface area contributed by atoms with Crippen LogP contribution in [-0.2, 0) is 7.05 Å². The van der Waals surface area contributed by atoms with Gasteiger partial charge in [-0.1, -0.05) is 26.0 Å². The Hall–Kier alpha value is -1.75. The molecular formula is C14H17N3OS. The second kappa shape index (κ2) is 5.93. The molecule has 19 heavy (non-hydrogen) atoms. The highest BCUT2D eigenvalue weighted by Crippen LogP contribution is 2.26. The smallest absolute Gasteiger partial charge is 0.257 e. The Morgan fingerprint density at radius 3 is 2.68 bits per heavy atom. The number of amides is 1. The molecule has 5 heteroatoms. The number of benzene rings is 1. The number of carbonyl (C=O) groups is 1. The molecule has 0 unspecified atom stereocenters. The van der Waals surface area contributed by atoms with Gasteiger partial charge >= 0.3 is 0 Å². The number of nitrogens with zero attached hydrogens (tertiary/aromatic N) is 2. The molecule has 1 N–H and O–H groups in total. The molecule has 0 spiro atoms. The Morgan fingerprint density at radius 1 is 1.32 bits per heavy atom. The molecule has 100 valence electrons. The van der Waals surface area contributed by atoms with Gasteiger partial charge in [0, 0.05) is 29.5 Å². The number of anilines is 1. The van der Waals surface area contributed by atoms with Crippen LogP contribution in [0.1, 0.15) is 24.2 Å². The Labute approximate surface area is 117 Å². The minimum Gasteiger partial charge on any atom is -0.305 e. The van der Waals surface area contributed by atoms with Crippen LogP contribution in [0.15, 0.2) is 41.4 Å². The normalized spacial score (nSPS) is 10.7. The molecule has 0 aliphatic rings. The highest BCUT2D eigenvalue weighted by Gasteiger charge is 2.13. The molecule has 0 atom stereocenters. The van der Waals surface area contributed by atoms with E-state index in [1.54, 1.807) is 28.7 Å². The van der Waals surface area contributed by atoms with Crippen LogP contribution in [0.3, 0.4) is 0 Å². The van der Waals surface area contributed by atoms with Gasteiger partial charge in [-0.25, -0.2) is 0 Å². The molecule has 4 nitrogen and oxygen atoms in total. The average Bonchev–Trinajstić information content (AvgIpc) is 2.74. The van der Waals surface area contributed by atoms with Crippen LogP contribution >= 0.6 is 11.8 Å². The SMILES string of the molecule is CC(C)Sc1ccccc1C(=O)Nc1ccn(C)n1. The summed E-state index contributed by atoms with van der Waals surface area (Å²) in [5.41, 5.74) is 0.687. The fourth-order valence-corrected chi connectivity index (χ4v) is 2.63. The summed E-state index contributed by atoms with van der Waals surface area (Å²) in [5, 5.41) is 7.39. The Bertz CT molecular complexity index is 578. The molecule has 2 aromatic rings. The van der Waals surface area contributed by atoms with Gasteiger partial charge in [0.25, 0.3) is 5.91 Å². The van der Waals surface area contributed by atoms with Gasteiger partial charge in [-0.2, -0.15) is 5.10 Å². The van der Waals surface area contributed by atoms with Crippen molar-refractivity contribution in [1.29, 1.82) is 0 Å². The summed E-state index contributed by atoms with van der Waals surface area (Å²) in [6.45, 7) is 4.22. The van der Waals surface area contributed by atoms with Gasteiger partial charge in [0.15, 0.2) is 5.82 Å². The first-order valence-electron chi connectivity index (χ1n) is 6.13. The number of aryl methyl sites for hydroxylation is 1. The van der Waals surface area contributed by atoms with Crippen molar-refractivity contribution < 1.29 is 4.79 Å². The van der Waals surface area contributed by atoms with Gasteiger partial charge in [-0.3, -0.25) is 9.48 Å². The van der Waals surface area contributed by atoms with E-state index in [-0.39, 0.29) is 5.91 Å². The number of hydrogen-bond acceptors (Lipinski definition) is 3. The third-order valence-corrected chi connectivity index (χ3v) is 3.53. The summed E-state index contributed by atoms with van der Waals surface area (Å²) >= 11 is 1.68. The fraction of sp³-hybridized carbons (Fsp3) is 0.286. The van der Waals surface area contributed by atoms with Crippen molar-refractivity contribution in [3.05, 3.63) is 42.1 Å². The zero-order valence-corrected chi connectivity index (χ0v) is 12.1. The molecule has 0 fully saturated rings. The standard InChI is InChI=1S/C14H17N3OS/c1-10(2)19-12-7-5-4-6-11(12)14(18)15-13-8-9-17(3)16-13/h4-10H,1-3H3,(H,15,16,18). The molecule has 0 radical (unpaired) electrons. The molecule has 0 saturated carbocycles. The molecular weight excluding hydrogens is 258 g/mol. The lowest BCUT2D eigenvalue weighted by Gasteiger charge is -2.10. The van der Waals surface area contributed by atoms with E-state index >= 15 is 0 Å². The van der Waals surface area contributed by atoms with Crippen molar-refractivity contribution in [2.75, 3.05) is 5.32 Å². The minimum absolute atomic E-state index is 0.123. The first-order valence-corrected chi connectivity index (χ1v) is 7.01. The van der Waals surface area contributed by atoms with E-state index in [1.807, 2.05) is 31.3 Å². The maximum atomic E-state index is 12.3. The van der Waals surface area contributed by atoms with Crippen molar-refractivity contribution in [3.8, 4) is 0 Å². The Morgan fingerprint density at radius 2 is 2.05 bits per heavy atom. The van der Waals surface area contributed by atoms with E-state index in [2.05, 4.69) is 24.3 Å². The lowest BCUT2D eigenvalue weighted by Crippen LogP contribution is -2.13. The van der Waals surface area contributed by atoms with E-state index in [1.165, 1.54) is 0 Å². The minimum atomic E-state index is -0.123. The Kier molecular flexibility index (Phi) is 4.27. The van der Waals surface area contributed by atoms with Crippen molar-refractivity contribution in [2.45, 2.75) is 24.0 Å². The molecule has 1 amide bonds. The van der Waals surface area contributed by atoms with Crippen LogP contribution in [0.25, 0.3) is 0 Å². The molecule has 1 aromatic heterocycles. The highest BCUT2D eigenvalue weighted by atomic mass is 32.2. The first kappa shape index (κ1) is 13.7. The van der Waals surface area contributed by atoms with Gasteiger partial charge < -0.3 is 5.32 Å². The van der Waals surface area contributed by atoms with Gasteiger partial charge in [0.05, 0.1) is 5.56 Å². The van der Waals surface area contributed by atoms with Crippen LogP contribution in [-0.4, -0.2) is 20.9 Å². The van der Waals surface area contributed by atoms with Crippen LogP contribution in [0, 0.1) is 0 Å². The third kappa shape index (κ3) is 3.61. The molecule has 1 heterocycles. The molecule has 1 aromatic carbocycles. The second-order valence-corrected chi connectivity index (χ2v) is 6.11. The van der Waals surface area contributed by atoms with E-state index in [9.17, 15) is 4.79 Å². The first-order chi connectivity index (χ1) is 9.06. The summed E-state index contributed by atoms with van der Waals surface area (Å²) < 4.78 is 1.66. The summed E-state index contributed by atoms with van der Waals surface area (Å²) in [4.78, 5) is 13.2. The maximum absolute atomic E-state index is 12.3. The Balaban J connectivity index is 2.18. The van der Waals surface area contributed by atoms with Gasteiger partial charge in [-0.15, -0.1) is 11.8 Å². The lowest BCUT2D eigenvalue weighted by atomic mass is 10.2. The molecule has 2 rings (SSSR count). The van der Waals surface area contributed by atoms with Gasteiger partial charge in [0.2, 0.25) is 0 Å². The number of thioether (sulfide) groups is 1. The number of nitrogens with one attached hydrogen (secondary N) is 1. The molecule has 0 bridgehead atoms. The average molecular weight is 275 g/mol. The number of hydrogen-bond donors (Lipinski definition) is 1. The number of aromatic nitrogens is 2. The summed E-state index contributed by atoms with van der Waals surface area (Å²) in [6, 6.07) is 9.40. The van der Waals surface area contributed by atoms with Gasteiger partial charge in [-0.05, 0) is 12.1 Å². The van der Waals surface area contributed by atoms with Crippen molar-refractivity contribution >= 4 is 23.5 Å². The lowest BCUT2D eigenvalue weighted by molar-refractivity contribution is 0.102. The molecule has 0 aliphatic heterocycles. The highest BCUT2D eigenvalue weighted by molar-refractivity contribution is 8.00. The van der Waals surface area contributed by atoms with Crippen molar-refractivity contribution in [1.82, 2.24) is 9.78 Å². The monoisotopic (exact) mass is 275 g/mol. The quantitative estimate of drug-likeness (QED) is 0.872. The van der Waals surface area contributed by atoms with Gasteiger partial charge in [0.1, 0.15) is 0 Å². The summed E-state index contributed by atoms with van der Waals surface area (Å²) in [5.74, 6) is 0.444. The third-order valence-electron chi connectivity index (χ3n) is 2.45. The summed E-state index contributed by atoms with van der Waals surface area (Å²) in [6.07, 6.45) is 1.80. The van der Waals surface area contributed by atoms with E-state index < -0.39 is 0 Å². The number of carbonyl (C=O) groups excluding carboxylic acids is 1.